The van der Waals surface area contributed by atoms with E-state index in [1.165, 1.54) is 0 Å². The van der Waals surface area contributed by atoms with Crippen LogP contribution < -0.4 is 9.47 Å². The largest absolute Gasteiger partial charge is 0.480 e. The average Bonchev–Trinajstić information content (AvgIpc) is 3.51. The van der Waals surface area contributed by atoms with Gasteiger partial charge in [0.15, 0.2) is 6.10 Å². The molecule has 2 aromatic heterocycles. The van der Waals surface area contributed by atoms with Crippen molar-refractivity contribution in [2.75, 3.05) is 19.7 Å². The van der Waals surface area contributed by atoms with Crippen LogP contribution in [0.3, 0.4) is 0 Å². The van der Waals surface area contributed by atoms with Gasteiger partial charge in [0, 0.05) is 31.0 Å². The van der Waals surface area contributed by atoms with Gasteiger partial charge < -0.3 is 14.4 Å². The highest BCUT2D eigenvalue weighted by Gasteiger charge is 2.33. The van der Waals surface area contributed by atoms with E-state index in [9.17, 15) is 4.79 Å². The van der Waals surface area contributed by atoms with E-state index in [1.807, 2.05) is 55.6 Å². The summed E-state index contributed by atoms with van der Waals surface area (Å²) in [4.78, 5) is 14.7. The molecule has 4 bridgehead atoms. The lowest BCUT2D eigenvalue weighted by molar-refractivity contribution is -0.133. The van der Waals surface area contributed by atoms with Gasteiger partial charge in [0.25, 0.3) is 5.91 Å². The Balaban J connectivity index is 1.48. The fourth-order valence-corrected chi connectivity index (χ4v) is 4.47. The number of nitrogens with zero attached hydrogens (tertiary/aromatic N) is 4. The lowest BCUT2D eigenvalue weighted by atomic mass is 10.0. The fourth-order valence-electron chi connectivity index (χ4n) is 4.47. The van der Waals surface area contributed by atoms with E-state index >= 15 is 0 Å². The minimum absolute atomic E-state index is 0.00569. The van der Waals surface area contributed by atoms with Crippen LogP contribution in [-0.4, -0.2) is 56.6 Å². The maximum absolute atomic E-state index is 12.9. The standard InChI is InChI=1S/C25H23N5O3/c1-29-25-19(15-26-29)17-7-9-21-18(14-17)20(27-28-21)8-6-16-4-2-3-5-22(16)33-23-10-11-30(24(23)31)12-13-32-25/h2-9,14-15,23H,10-13H2,1H3,(H,27,28)/b8-6+. The number of fused-ring (bicyclic) bond motifs is 6. The molecule has 0 radical (unpaired) electrons. The zero-order valence-electron chi connectivity index (χ0n) is 18.2. The maximum atomic E-state index is 12.9. The molecule has 33 heavy (non-hydrogen) atoms. The molecule has 2 aliphatic rings. The van der Waals surface area contributed by atoms with Gasteiger partial charge in [-0.2, -0.15) is 10.2 Å². The zero-order chi connectivity index (χ0) is 22.4. The summed E-state index contributed by atoms with van der Waals surface area (Å²) in [6.45, 7) is 1.52. The Hall–Kier alpha value is -4.07. The van der Waals surface area contributed by atoms with Gasteiger partial charge in [-0.1, -0.05) is 24.3 Å². The Morgan fingerprint density at radius 2 is 2.03 bits per heavy atom. The van der Waals surface area contributed by atoms with Crippen molar-refractivity contribution in [2.45, 2.75) is 12.5 Å². The van der Waals surface area contributed by atoms with Gasteiger partial charge >= 0.3 is 0 Å². The van der Waals surface area contributed by atoms with Crippen molar-refractivity contribution < 1.29 is 14.3 Å². The molecule has 1 fully saturated rings. The number of hydrogen-bond donors (Lipinski definition) is 1. The van der Waals surface area contributed by atoms with Crippen LogP contribution in [0.1, 0.15) is 17.7 Å². The first-order valence-electron chi connectivity index (χ1n) is 11.0. The number of para-hydroxylation sites is 1. The van der Waals surface area contributed by atoms with E-state index in [0.717, 1.165) is 33.3 Å². The van der Waals surface area contributed by atoms with Crippen molar-refractivity contribution in [3.05, 3.63) is 59.9 Å². The molecule has 4 aromatic rings. The molecule has 1 unspecified atom stereocenters. The Bertz CT molecular complexity index is 1390. The highest BCUT2D eigenvalue weighted by atomic mass is 16.5. The number of benzene rings is 2. The number of carbonyl (C=O) groups is 1. The topological polar surface area (TPSA) is 85.3 Å². The quantitative estimate of drug-likeness (QED) is 0.451. The predicted octanol–water partition coefficient (Wildman–Crippen LogP) is 3.51. The number of amides is 1. The van der Waals surface area contributed by atoms with E-state index < -0.39 is 6.10 Å². The Morgan fingerprint density at radius 3 is 2.97 bits per heavy atom. The summed E-state index contributed by atoms with van der Waals surface area (Å²) in [5.74, 6) is 1.36. The average molecular weight is 441 g/mol. The predicted molar refractivity (Wildman–Crippen MR) is 125 cm³/mol. The van der Waals surface area contributed by atoms with E-state index in [1.54, 1.807) is 15.8 Å². The van der Waals surface area contributed by atoms with Crippen molar-refractivity contribution in [3.8, 4) is 22.8 Å². The molecule has 8 heteroatoms. The van der Waals surface area contributed by atoms with Crippen LogP contribution in [0.5, 0.6) is 11.6 Å². The minimum Gasteiger partial charge on any atom is -0.480 e. The molecule has 0 saturated carbocycles. The molecule has 1 saturated heterocycles. The van der Waals surface area contributed by atoms with Gasteiger partial charge in [0.1, 0.15) is 12.4 Å². The third-order valence-corrected chi connectivity index (χ3v) is 6.24. The van der Waals surface area contributed by atoms with Gasteiger partial charge in [0.2, 0.25) is 5.88 Å². The van der Waals surface area contributed by atoms with Crippen LogP contribution in [0.4, 0.5) is 0 Å². The lowest BCUT2D eigenvalue weighted by Gasteiger charge is -2.18. The molecule has 8 nitrogen and oxygen atoms in total. The lowest BCUT2D eigenvalue weighted by Crippen LogP contribution is -2.35. The van der Waals surface area contributed by atoms with Crippen LogP contribution in [0, 0.1) is 0 Å². The Kier molecular flexibility index (Phi) is 4.64. The van der Waals surface area contributed by atoms with E-state index in [2.05, 4.69) is 21.4 Å². The number of carbonyl (C=O) groups excluding carboxylic acids is 1. The number of aryl methyl sites for hydroxylation is 1. The number of hydrogen-bond acceptors (Lipinski definition) is 5. The molecular formula is C25H23N5O3. The second kappa shape index (κ2) is 7.81. The van der Waals surface area contributed by atoms with Gasteiger partial charge in [-0.3, -0.25) is 9.89 Å². The molecule has 0 aliphatic carbocycles. The summed E-state index contributed by atoms with van der Waals surface area (Å²) < 4.78 is 14.0. The summed E-state index contributed by atoms with van der Waals surface area (Å²) in [6.07, 6.45) is 5.95. The van der Waals surface area contributed by atoms with E-state index in [-0.39, 0.29) is 5.91 Å². The molecule has 1 amide bonds. The number of ether oxygens (including phenoxy) is 2. The van der Waals surface area contributed by atoms with Crippen molar-refractivity contribution in [2.24, 2.45) is 7.05 Å². The first kappa shape index (κ1) is 19.6. The zero-order valence-corrected chi connectivity index (χ0v) is 18.2. The van der Waals surface area contributed by atoms with E-state index in [0.29, 0.717) is 37.7 Å². The summed E-state index contributed by atoms with van der Waals surface area (Å²) in [5.41, 5.74) is 4.57. The second-order valence-electron chi connectivity index (χ2n) is 8.30. The van der Waals surface area contributed by atoms with Crippen molar-refractivity contribution >= 4 is 29.0 Å². The van der Waals surface area contributed by atoms with Gasteiger partial charge in [0.05, 0.1) is 29.5 Å². The monoisotopic (exact) mass is 441 g/mol. The summed E-state index contributed by atoms with van der Waals surface area (Å²) in [6, 6.07) is 13.9. The minimum atomic E-state index is -0.489. The van der Waals surface area contributed by atoms with Gasteiger partial charge in [-0.15, -0.1) is 0 Å². The molecule has 2 aromatic carbocycles. The smallest absolute Gasteiger partial charge is 0.263 e. The van der Waals surface area contributed by atoms with Crippen LogP contribution in [0.2, 0.25) is 0 Å². The highest BCUT2D eigenvalue weighted by molar-refractivity contribution is 5.93. The van der Waals surface area contributed by atoms with Crippen molar-refractivity contribution in [1.82, 2.24) is 24.9 Å². The number of H-pyrrole nitrogens is 1. The van der Waals surface area contributed by atoms with Crippen LogP contribution in [-0.2, 0) is 11.8 Å². The third-order valence-electron chi connectivity index (χ3n) is 6.24. The van der Waals surface area contributed by atoms with Crippen LogP contribution in [0.15, 0.2) is 48.7 Å². The molecule has 1 atom stereocenters. The molecule has 6 rings (SSSR count). The van der Waals surface area contributed by atoms with Gasteiger partial charge in [-0.25, -0.2) is 4.68 Å². The number of nitrogens with one attached hydrogen (secondary N) is 1. The molecular weight excluding hydrogens is 418 g/mol. The summed E-state index contributed by atoms with van der Waals surface area (Å²) in [7, 11) is 1.86. The van der Waals surface area contributed by atoms with Crippen LogP contribution in [0.25, 0.3) is 34.2 Å². The molecule has 166 valence electrons. The Morgan fingerprint density at radius 1 is 1.12 bits per heavy atom. The maximum Gasteiger partial charge on any atom is 0.263 e. The normalized spacial score (nSPS) is 19.0. The molecule has 0 spiro atoms. The highest BCUT2D eigenvalue weighted by Crippen LogP contribution is 2.33. The molecule has 4 heterocycles. The first-order valence-corrected chi connectivity index (χ1v) is 11.0. The number of rotatable bonds is 0. The molecule has 1 N–H and O–H groups in total. The SMILES string of the molecule is Cn1ncc2c1OCCN1CCC(Oc3ccccc3/C=C/c3[nH]nc4ccc-2cc34)C1=O. The second-order valence-corrected chi connectivity index (χ2v) is 8.30. The number of aromatic amines is 1. The van der Waals surface area contributed by atoms with Crippen molar-refractivity contribution in [3.63, 3.8) is 0 Å². The summed E-state index contributed by atoms with van der Waals surface area (Å²) in [5, 5.41) is 13.0. The van der Waals surface area contributed by atoms with Crippen molar-refractivity contribution in [1.29, 1.82) is 0 Å². The third kappa shape index (κ3) is 3.44. The van der Waals surface area contributed by atoms with Gasteiger partial charge in [-0.05, 0) is 35.9 Å². The van der Waals surface area contributed by atoms with Crippen LogP contribution >= 0.6 is 0 Å². The van der Waals surface area contributed by atoms with E-state index in [4.69, 9.17) is 9.47 Å². The number of aromatic nitrogens is 4. The summed E-state index contributed by atoms with van der Waals surface area (Å²) >= 11 is 0. The Labute approximate surface area is 190 Å². The molecule has 2 aliphatic heterocycles. The fraction of sp³-hybridized carbons (Fsp3) is 0.240. The first-order chi connectivity index (χ1) is 16.2.